The van der Waals surface area contributed by atoms with Crippen molar-refractivity contribution in [2.24, 2.45) is 11.9 Å². The van der Waals surface area contributed by atoms with Crippen LogP contribution in [0.3, 0.4) is 0 Å². The van der Waals surface area contributed by atoms with Crippen molar-refractivity contribution in [2.45, 2.75) is 69.4 Å². The summed E-state index contributed by atoms with van der Waals surface area (Å²) in [6, 6.07) is 24.5. The maximum Gasteiger partial charge on any atom is 0.350 e. The van der Waals surface area contributed by atoms with Crippen molar-refractivity contribution in [3.63, 3.8) is 0 Å². The summed E-state index contributed by atoms with van der Waals surface area (Å²) in [5.74, 6) is -9.49. The fraction of sp³-hybridized carbons (Fsp3) is 0.286. The topological polar surface area (TPSA) is 200 Å². The molecule has 4 aromatic carbocycles. The summed E-state index contributed by atoms with van der Waals surface area (Å²) in [6.45, 7) is 7.56. The Morgan fingerprint density at radius 1 is 0.578 bits per heavy atom. The first-order chi connectivity index (χ1) is 39.6. The normalized spacial score (nSPS) is 14.7. The summed E-state index contributed by atoms with van der Waals surface area (Å²) in [7, 11) is 0. The summed E-state index contributed by atoms with van der Waals surface area (Å²) in [6.07, 6.45) is 9.71. The van der Waals surface area contributed by atoms with E-state index in [1.165, 1.54) is 43.1 Å². The molecule has 83 heavy (non-hydrogen) atoms. The monoisotopic (exact) mass is 1220 g/mol. The van der Waals surface area contributed by atoms with Crippen molar-refractivity contribution in [1.29, 1.82) is 0 Å². The molecule has 1 saturated heterocycles. The molecule has 6 heterocycles. The van der Waals surface area contributed by atoms with E-state index in [9.17, 15) is 32.6 Å². The number of piperazine rings is 1. The van der Waals surface area contributed by atoms with Crippen molar-refractivity contribution in [3.05, 3.63) is 213 Å². The van der Waals surface area contributed by atoms with Gasteiger partial charge in [-0.3, -0.25) is 9.97 Å². The molecule has 0 amide bonds. The van der Waals surface area contributed by atoms with E-state index in [-0.39, 0.29) is 11.7 Å². The van der Waals surface area contributed by atoms with Gasteiger partial charge in [0.15, 0.2) is 11.2 Å². The second-order valence-electron chi connectivity index (χ2n) is 19.5. The summed E-state index contributed by atoms with van der Waals surface area (Å²) in [4.78, 5) is 26.9. The van der Waals surface area contributed by atoms with Gasteiger partial charge in [-0.05, 0) is 113 Å². The molecule has 9 aromatic rings. The minimum absolute atomic E-state index is 0.0432. The van der Waals surface area contributed by atoms with Gasteiger partial charge in [-0.15, -0.1) is 4.48 Å². The first-order valence-electron chi connectivity index (χ1n) is 25.6. The number of benzene rings is 4. The number of halogens is 10. The zero-order valence-electron chi connectivity index (χ0n) is 44.5. The number of aromatic nitrogens is 11. The SMILES string of the molecule is CC[C@@H](C(C)C)n1ncn(-c2ccc(N3CCN(c4ccc(-c5ccc(C(F)(F)C(O)(Cn6nccn6)c6ccc(F)cc6F)nc5)cc4)CC3)cc2)c1=O.NF.OC(Cn1nccn1)(c1ccc(F)cc1F)C(F)(F)c1ccc(Br)cn1. The maximum atomic E-state index is 16.2. The van der Waals surface area contributed by atoms with E-state index < -0.39 is 81.9 Å². The van der Waals surface area contributed by atoms with Gasteiger partial charge in [-0.25, -0.2) is 31.6 Å². The van der Waals surface area contributed by atoms with Crippen molar-refractivity contribution >= 4 is 27.3 Å². The third-order valence-corrected chi connectivity index (χ3v) is 14.6. The molecule has 0 bridgehead atoms. The van der Waals surface area contributed by atoms with Gasteiger partial charge in [0, 0.05) is 83.2 Å². The van der Waals surface area contributed by atoms with E-state index in [4.69, 9.17) is 4.48 Å². The Morgan fingerprint density at radius 3 is 1.40 bits per heavy atom. The Balaban J connectivity index is 0.000000268. The molecule has 27 heteroatoms. The van der Waals surface area contributed by atoms with Crippen LogP contribution in [0.2, 0.25) is 0 Å². The van der Waals surface area contributed by atoms with Crippen molar-refractivity contribution in [2.75, 3.05) is 36.0 Å². The minimum atomic E-state index is -4.14. The second kappa shape index (κ2) is 25.5. The number of rotatable bonds is 17. The van der Waals surface area contributed by atoms with Crippen LogP contribution >= 0.6 is 15.9 Å². The Kier molecular flexibility index (Phi) is 18.7. The Morgan fingerprint density at radius 2 is 1.00 bits per heavy atom. The van der Waals surface area contributed by atoms with E-state index in [1.807, 2.05) is 48.5 Å². The van der Waals surface area contributed by atoms with Crippen LogP contribution in [0.4, 0.5) is 51.0 Å². The fourth-order valence-corrected chi connectivity index (χ4v) is 9.95. The van der Waals surface area contributed by atoms with E-state index in [1.54, 1.807) is 15.6 Å². The summed E-state index contributed by atoms with van der Waals surface area (Å²) in [5.41, 5.74) is -5.55. The summed E-state index contributed by atoms with van der Waals surface area (Å²) in [5, 5.41) is 41.7. The largest absolute Gasteiger partial charge is 0.377 e. The first kappa shape index (κ1) is 60.8. The zero-order valence-corrected chi connectivity index (χ0v) is 46.1. The van der Waals surface area contributed by atoms with Crippen LogP contribution in [0.15, 0.2) is 162 Å². The second-order valence-corrected chi connectivity index (χ2v) is 20.4. The molecule has 1 aliphatic heterocycles. The molecule has 0 spiro atoms. The molecule has 17 nitrogen and oxygen atoms in total. The molecule has 1 fully saturated rings. The van der Waals surface area contributed by atoms with Gasteiger partial charge in [0.25, 0.3) is 0 Å². The lowest BCUT2D eigenvalue weighted by Crippen LogP contribution is -2.48. The molecule has 0 saturated carbocycles. The van der Waals surface area contributed by atoms with Gasteiger partial charge in [0.1, 0.15) is 54.1 Å². The highest BCUT2D eigenvalue weighted by Gasteiger charge is 2.59. The standard InChI is InChI=1S/C40H41F4N9O2.C16H11BrF4N4O.FH2N/c1-4-36(27(2)3)53-38(54)51(26-48-53)33-13-11-32(12-14-33)50-21-19-49(20-22-50)31-9-5-28(6-10-31)29-7-16-37(45-24-29)40(43,44)39(55,25-52-46-17-18-47-52)34-15-8-30(41)23-35(34)42;17-10-1-4-14(22-8-10)16(20,21)15(26,9-25-23-5-6-24-25)12-3-2-11(18)7-13(12)19;1-2/h5-18,23-24,26-27,36,55H,4,19-22,25H2,1-3H3;1-8,26H,9H2;2H2/t36-,39?;;/m0../s1. The highest BCUT2D eigenvalue weighted by Crippen LogP contribution is 2.48. The van der Waals surface area contributed by atoms with Crippen LogP contribution in [-0.4, -0.2) is 90.7 Å². The van der Waals surface area contributed by atoms with Crippen molar-refractivity contribution in [3.8, 4) is 16.8 Å². The lowest BCUT2D eigenvalue weighted by Gasteiger charge is -2.37. The highest BCUT2D eigenvalue weighted by molar-refractivity contribution is 9.10. The van der Waals surface area contributed by atoms with Crippen LogP contribution in [0.1, 0.15) is 55.7 Å². The number of nitrogens with zero attached hydrogens (tertiary/aromatic N) is 13. The Bertz CT molecular complexity index is 3610. The van der Waals surface area contributed by atoms with Crippen LogP contribution < -0.4 is 21.4 Å². The molecule has 10 rings (SSSR count). The van der Waals surface area contributed by atoms with Crippen LogP contribution in [-0.2, 0) is 36.1 Å². The smallest absolute Gasteiger partial charge is 0.350 e. The lowest BCUT2D eigenvalue weighted by molar-refractivity contribution is -0.209. The molecule has 0 radical (unpaired) electrons. The summed E-state index contributed by atoms with van der Waals surface area (Å²) >= 11 is 3.08. The molecule has 436 valence electrons. The number of hydrogen-bond acceptors (Lipinski definition) is 13. The fourth-order valence-electron chi connectivity index (χ4n) is 9.71. The van der Waals surface area contributed by atoms with E-state index in [0.29, 0.717) is 28.1 Å². The van der Waals surface area contributed by atoms with Gasteiger partial charge in [0.2, 0.25) is 0 Å². The number of alkyl halides is 4. The number of pyridine rings is 2. The third kappa shape index (κ3) is 12.7. The zero-order chi connectivity index (χ0) is 59.9. The predicted octanol–water partition coefficient (Wildman–Crippen LogP) is 9.80. The minimum Gasteiger partial charge on any atom is -0.377 e. The lowest BCUT2D eigenvalue weighted by atomic mass is 9.84. The number of anilines is 2. The van der Waals surface area contributed by atoms with Gasteiger partial charge in [-0.2, -0.15) is 58.6 Å². The molecule has 2 unspecified atom stereocenters. The van der Waals surface area contributed by atoms with Gasteiger partial charge >= 0.3 is 17.5 Å². The molecule has 3 atom stereocenters. The van der Waals surface area contributed by atoms with Crippen LogP contribution in [0.25, 0.3) is 16.8 Å². The summed E-state index contributed by atoms with van der Waals surface area (Å²) < 4.78 is 132. The number of nitrogens with two attached hydrogens (primary N) is 1. The first-order valence-corrected chi connectivity index (χ1v) is 26.4. The Labute approximate surface area is 477 Å². The van der Waals surface area contributed by atoms with Gasteiger partial charge in [0.05, 0.1) is 36.5 Å². The molecular weight excluding hydrogens is 1170 g/mol. The molecule has 1 aliphatic rings. The predicted molar refractivity (Wildman–Crippen MR) is 292 cm³/mol. The molecule has 0 aliphatic carbocycles. The quantitative estimate of drug-likeness (QED) is 0.0575. The maximum absolute atomic E-state index is 16.2. The average Bonchev–Trinajstić information content (AvgIpc) is 3.17. The van der Waals surface area contributed by atoms with Gasteiger partial charge in [-0.1, -0.05) is 39.0 Å². The Hall–Kier alpha value is -8.27. The van der Waals surface area contributed by atoms with Crippen molar-refractivity contribution < 1.29 is 49.8 Å². The molecular formula is C56H54BrF9N14O3. The van der Waals surface area contributed by atoms with E-state index in [0.717, 1.165) is 107 Å². The number of aliphatic hydroxyl groups is 2. The van der Waals surface area contributed by atoms with E-state index >= 15 is 17.6 Å². The highest BCUT2D eigenvalue weighted by atomic mass is 79.9. The van der Waals surface area contributed by atoms with Crippen LogP contribution in [0.5, 0.6) is 0 Å². The molecule has 5 aromatic heterocycles. The number of hydrogen-bond donors (Lipinski definition) is 3. The van der Waals surface area contributed by atoms with Crippen LogP contribution in [0, 0.1) is 29.2 Å². The van der Waals surface area contributed by atoms with Crippen molar-refractivity contribution in [1.82, 2.24) is 54.3 Å². The molecule has 4 N–H and O–H groups in total. The van der Waals surface area contributed by atoms with Gasteiger partial charge < -0.3 is 20.0 Å². The average molecular weight is 1220 g/mol. The third-order valence-electron chi connectivity index (χ3n) is 14.1. The van der Waals surface area contributed by atoms with E-state index in [2.05, 4.69) is 87.9 Å².